The number of likely N-dealkylation sites (tertiary alicyclic amines) is 1. The van der Waals surface area contributed by atoms with Crippen molar-refractivity contribution < 1.29 is 9.21 Å². The number of anilines is 1. The first-order chi connectivity index (χ1) is 13.0. The van der Waals surface area contributed by atoms with E-state index in [2.05, 4.69) is 14.9 Å². The largest absolute Gasteiger partial charge is 0.451 e. The van der Waals surface area contributed by atoms with Crippen LogP contribution in [0.4, 0.5) is 5.82 Å². The Kier molecular flexibility index (Phi) is 4.53. The van der Waals surface area contributed by atoms with Crippen molar-refractivity contribution in [2.75, 3.05) is 25.9 Å². The van der Waals surface area contributed by atoms with Crippen molar-refractivity contribution >= 4 is 22.7 Å². The normalized spacial score (nSPS) is 17.1. The van der Waals surface area contributed by atoms with E-state index in [1.54, 1.807) is 12.3 Å². The number of nitrogens with two attached hydrogens (primary N) is 1. The van der Waals surface area contributed by atoms with Gasteiger partial charge in [0.05, 0.1) is 6.54 Å². The molecule has 0 saturated carbocycles. The Morgan fingerprint density at radius 2 is 2.19 bits per heavy atom. The van der Waals surface area contributed by atoms with Crippen molar-refractivity contribution in [3.63, 3.8) is 0 Å². The summed E-state index contributed by atoms with van der Waals surface area (Å²) in [6, 6.07) is 9.68. The minimum absolute atomic E-state index is 0.0418. The monoisotopic (exact) mass is 365 g/mol. The highest BCUT2D eigenvalue weighted by Crippen LogP contribution is 2.27. The second kappa shape index (κ2) is 7.00. The lowest BCUT2D eigenvalue weighted by Gasteiger charge is -2.23. The summed E-state index contributed by atoms with van der Waals surface area (Å²) in [6.45, 7) is 3.91. The highest BCUT2D eigenvalue weighted by Gasteiger charge is 2.32. The predicted octanol–water partition coefficient (Wildman–Crippen LogP) is 2.46. The Morgan fingerprint density at radius 1 is 1.37 bits per heavy atom. The smallest absolute Gasteiger partial charge is 0.289 e. The van der Waals surface area contributed by atoms with Crippen LogP contribution in [-0.4, -0.2) is 51.9 Å². The van der Waals surface area contributed by atoms with E-state index in [4.69, 9.17) is 10.2 Å². The number of nitrogens with zero attached hydrogens (tertiary/aromatic N) is 4. The third-order valence-corrected chi connectivity index (χ3v) is 5.23. The number of fused-ring (bicyclic) bond motifs is 1. The summed E-state index contributed by atoms with van der Waals surface area (Å²) >= 11 is 0. The number of aromatic nitrogens is 2. The van der Waals surface area contributed by atoms with Gasteiger partial charge in [0.2, 0.25) is 0 Å². The molecule has 7 nitrogen and oxygen atoms in total. The molecule has 2 N–H and O–H groups in total. The van der Waals surface area contributed by atoms with Crippen LogP contribution in [0.1, 0.15) is 28.4 Å². The number of furan rings is 1. The number of benzene rings is 1. The van der Waals surface area contributed by atoms with Gasteiger partial charge in [-0.2, -0.15) is 0 Å². The van der Waals surface area contributed by atoms with Crippen LogP contribution >= 0.6 is 0 Å². The average Bonchev–Trinajstić information content (AvgIpc) is 3.27. The van der Waals surface area contributed by atoms with Gasteiger partial charge in [-0.15, -0.1) is 0 Å². The van der Waals surface area contributed by atoms with E-state index in [-0.39, 0.29) is 11.9 Å². The number of rotatable bonds is 4. The Morgan fingerprint density at radius 3 is 2.96 bits per heavy atom. The third-order valence-electron chi connectivity index (χ3n) is 5.23. The van der Waals surface area contributed by atoms with E-state index in [1.807, 2.05) is 43.1 Å². The van der Waals surface area contributed by atoms with E-state index in [9.17, 15) is 4.79 Å². The van der Waals surface area contributed by atoms with Crippen LogP contribution in [0.5, 0.6) is 0 Å². The summed E-state index contributed by atoms with van der Waals surface area (Å²) in [7, 11) is 2.03. The Bertz CT molecular complexity index is 983. The highest BCUT2D eigenvalue weighted by atomic mass is 16.3. The van der Waals surface area contributed by atoms with Crippen molar-refractivity contribution in [3.8, 4) is 0 Å². The first kappa shape index (κ1) is 17.5. The van der Waals surface area contributed by atoms with Gasteiger partial charge in [-0.1, -0.05) is 18.2 Å². The summed E-state index contributed by atoms with van der Waals surface area (Å²) in [5.74, 6) is 1.56. The van der Waals surface area contributed by atoms with Gasteiger partial charge in [0, 0.05) is 36.3 Å². The van der Waals surface area contributed by atoms with Gasteiger partial charge in [-0.05, 0) is 32.5 Å². The number of likely N-dealkylation sites (N-methyl/N-ethyl adjacent to an activating group) is 1. The fourth-order valence-electron chi connectivity index (χ4n) is 3.65. The lowest BCUT2D eigenvalue weighted by atomic mass is 10.1. The Balaban J connectivity index is 1.45. The van der Waals surface area contributed by atoms with Crippen molar-refractivity contribution in [1.82, 2.24) is 19.8 Å². The molecular formula is C20H23N5O2. The molecule has 0 aliphatic carbocycles. The fraction of sp³-hybridized carbons (Fsp3) is 0.350. The molecule has 27 heavy (non-hydrogen) atoms. The van der Waals surface area contributed by atoms with E-state index in [0.717, 1.165) is 23.0 Å². The van der Waals surface area contributed by atoms with Gasteiger partial charge in [-0.25, -0.2) is 9.97 Å². The minimum Gasteiger partial charge on any atom is -0.451 e. The molecule has 1 atom stereocenters. The summed E-state index contributed by atoms with van der Waals surface area (Å²) in [5.41, 5.74) is 7.39. The zero-order chi connectivity index (χ0) is 19.0. The first-order valence-electron chi connectivity index (χ1n) is 9.08. The third kappa shape index (κ3) is 3.38. The molecule has 4 rings (SSSR count). The quantitative estimate of drug-likeness (QED) is 0.764. The SMILES string of the molecule is Cc1c(C(=O)N2CC[C@@H](N(C)Cc3nccc(N)n3)C2)oc2ccccc12. The number of carbonyl (C=O) groups is 1. The molecule has 1 amide bonds. The Labute approximate surface area is 157 Å². The minimum atomic E-state index is -0.0418. The molecule has 1 saturated heterocycles. The van der Waals surface area contributed by atoms with Crippen LogP contribution in [0.3, 0.4) is 0 Å². The number of nitrogen functional groups attached to an aromatic ring is 1. The molecule has 3 aromatic rings. The van der Waals surface area contributed by atoms with Gasteiger partial charge in [-0.3, -0.25) is 9.69 Å². The van der Waals surface area contributed by atoms with Gasteiger partial charge < -0.3 is 15.1 Å². The van der Waals surface area contributed by atoms with E-state index in [1.165, 1.54) is 0 Å². The van der Waals surface area contributed by atoms with E-state index >= 15 is 0 Å². The predicted molar refractivity (Wildman–Crippen MR) is 103 cm³/mol. The molecule has 0 spiro atoms. The number of carbonyl (C=O) groups excluding carboxylic acids is 1. The van der Waals surface area contributed by atoms with Crippen LogP contribution < -0.4 is 5.73 Å². The summed E-state index contributed by atoms with van der Waals surface area (Å²) in [5, 5.41) is 0.993. The van der Waals surface area contributed by atoms with Gasteiger partial charge in [0.25, 0.3) is 5.91 Å². The van der Waals surface area contributed by atoms with Crippen molar-refractivity contribution in [2.45, 2.75) is 25.9 Å². The molecule has 2 aromatic heterocycles. The number of hydrogen-bond acceptors (Lipinski definition) is 6. The molecule has 3 heterocycles. The zero-order valence-corrected chi connectivity index (χ0v) is 15.6. The maximum absolute atomic E-state index is 13.0. The number of hydrogen-bond donors (Lipinski definition) is 1. The molecule has 0 unspecified atom stereocenters. The highest BCUT2D eigenvalue weighted by molar-refractivity contribution is 5.99. The number of para-hydroxylation sites is 1. The second-order valence-corrected chi connectivity index (χ2v) is 7.06. The molecule has 140 valence electrons. The van der Waals surface area contributed by atoms with Crippen LogP contribution in [-0.2, 0) is 6.54 Å². The molecule has 1 aromatic carbocycles. The summed E-state index contributed by atoms with van der Waals surface area (Å²) in [6.07, 6.45) is 2.57. The van der Waals surface area contributed by atoms with Crippen LogP contribution in [0.2, 0.25) is 0 Å². The maximum atomic E-state index is 13.0. The van der Waals surface area contributed by atoms with Gasteiger partial charge >= 0.3 is 0 Å². The lowest BCUT2D eigenvalue weighted by Crippen LogP contribution is -2.36. The number of amides is 1. The molecule has 7 heteroatoms. The fourth-order valence-corrected chi connectivity index (χ4v) is 3.65. The molecule has 0 radical (unpaired) electrons. The Hall–Kier alpha value is -2.93. The van der Waals surface area contributed by atoms with E-state index in [0.29, 0.717) is 37.0 Å². The molecule has 1 fully saturated rings. The first-order valence-corrected chi connectivity index (χ1v) is 9.08. The molecule has 0 bridgehead atoms. The van der Waals surface area contributed by atoms with Gasteiger partial charge in [0.15, 0.2) is 5.76 Å². The van der Waals surface area contributed by atoms with Gasteiger partial charge in [0.1, 0.15) is 17.2 Å². The standard InChI is InChI=1S/C20H23N5O2/c1-13-15-5-3-4-6-16(15)27-19(13)20(26)25-10-8-14(11-25)24(2)12-18-22-9-7-17(21)23-18/h3-7,9,14H,8,10-12H2,1-2H3,(H2,21,22,23)/t14-/m1/s1. The van der Waals surface area contributed by atoms with Crippen molar-refractivity contribution in [2.24, 2.45) is 0 Å². The topological polar surface area (TPSA) is 88.5 Å². The number of aryl methyl sites for hydroxylation is 1. The van der Waals surface area contributed by atoms with E-state index < -0.39 is 0 Å². The second-order valence-electron chi connectivity index (χ2n) is 7.06. The molecule has 1 aliphatic rings. The average molecular weight is 365 g/mol. The van der Waals surface area contributed by atoms with Crippen LogP contribution in [0.25, 0.3) is 11.0 Å². The van der Waals surface area contributed by atoms with Crippen LogP contribution in [0, 0.1) is 6.92 Å². The van der Waals surface area contributed by atoms with Crippen LogP contribution in [0.15, 0.2) is 40.9 Å². The molecular weight excluding hydrogens is 342 g/mol. The summed E-state index contributed by atoms with van der Waals surface area (Å²) in [4.78, 5) is 25.5. The lowest BCUT2D eigenvalue weighted by molar-refractivity contribution is 0.0749. The van der Waals surface area contributed by atoms with Crippen molar-refractivity contribution in [3.05, 3.63) is 53.7 Å². The summed E-state index contributed by atoms with van der Waals surface area (Å²) < 4.78 is 5.84. The maximum Gasteiger partial charge on any atom is 0.289 e. The molecule has 1 aliphatic heterocycles. The van der Waals surface area contributed by atoms with Crippen molar-refractivity contribution in [1.29, 1.82) is 0 Å². The zero-order valence-electron chi connectivity index (χ0n) is 15.6.